The average Bonchev–Trinajstić information content (AvgIpc) is 3.14. The number of ketones is 1. The Balaban J connectivity index is 1.91. The second kappa shape index (κ2) is 10.5. The van der Waals surface area contributed by atoms with Crippen molar-refractivity contribution in [3.63, 3.8) is 0 Å². The highest BCUT2D eigenvalue weighted by Gasteiger charge is 2.47. The van der Waals surface area contributed by atoms with E-state index in [1.165, 1.54) is 23.1 Å². The number of amides is 1. The first-order valence-corrected chi connectivity index (χ1v) is 13.0. The van der Waals surface area contributed by atoms with Crippen LogP contribution in [0.4, 0.5) is 5.69 Å². The summed E-state index contributed by atoms with van der Waals surface area (Å²) in [6, 6.07) is 16.0. The number of aliphatic hydroxyl groups excluding tert-OH is 1. The van der Waals surface area contributed by atoms with Crippen LogP contribution in [0.25, 0.3) is 5.76 Å². The molecular formula is C31H32ClNO5. The Bertz CT molecular complexity index is 1420. The predicted octanol–water partition coefficient (Wildman–Crippen LogP) is 7.07. The lowest BCUT2D eigenvalue weighted by molar-refractivity contribution is -0.132. The zero-order valence-corrected chi connectivity index (χ0v) is 23.0. The van der Waals surface area contributed by atoms with Crippen LogP contribution in [0.2, 0.25) is 5.02 Å². The summed E-state index contributed by atoms with van der Waals surface area (Å²) in [5.74, 6) is -1.55. The highest BCUT2D eigenvalue weighted by Crippen LogP contribution is 2.45. The predicted molar refractivity (Wildman–Crippen MR) is 150 cm³/mol. The number of anilines is 1. The SMILES string of the molecule is CCCOc1ccc(/C(O)=C2\C(=O)C(=O)N(c3cc(Cl)ccc3O)C2c2ccc(C(C)(C)C)cc2)cc1C. The van der Waals surface area contributed by atoms with Crippen LogP contribution in [0.15, 0.2) is 66.2 Å². The van der Waals surface area contributed by atoms with Crippen LogP contribution < -0.4 is 9.64 Å². The zero-order valence-electron chi connectivity index (χ0n) is 22.2. The lowest BCUT2D eigenvalue weighted by Gasteiger charge is -2.27. The molecule has 198 valence electrons. The number of halogens is 1. The number of aryl methyl sites for hydroxylation is 1. The molecule has 3 aromatic rings. The molecule has 1 saturated heterocycles. The number of rotatable bonds is 6. The van der Waals surface area contributed by atoms with Crippen LogP contribution in [-0.4, -0.2) is 28.5 Å². The summed E-state index contributed by atoms with van der Waals surface area (Å²) >= 11 is 6.20. The Kier molecular flexibility index (Phi) is 7.56. The normalized spacial score (nSPS) is 17.2. The molecule has 2 N–H and O–H groups in total. The van der Waals surface area contributed by atoms with Gasteiger partial charge in [-0.25, -0.2) is 0 Å². The van der Waals surface area contributed by atoms with Gasteiger partial charge < -0.3 is 14.9 Å². The Hall–Kier alpha value is -3.77. The molecule has 0 saturated carbocycles. The lowest BCUT2D eigenvalue weighted by atomic mass is 9.85. The van der Waals surface area contributed by atoms with Gasteiger partial charge in [0.1, 0.15) is 17.3 Å². The maximum atomic E-state index is 13.5. The Morgan fingerprint density at radius 3 is 2.32 bits per heavy atom. The number of carbonyl (C=O) groups is 2. The zero-order chi connectivity index (χ0) is 27.8. The van der Waals surface area contributed by atoms with Gasteiger partial charge in [0.25, 0.3) is 11.7 Å². The van der Waals surface area contributed by atoms with Crippen LogP contribution in [0.3, 0.4) is 0 Å². The molecule has 1 aliphatic rings. The van der Waals surface area contributed by atoms with Gasteiger partial charge in [0, 0.05) is 10.6 Å². The highest BCUT2D eigenvalue weighted by atomic mass is 35.5. The van der Waals surface area contributed by atoms with Crippen molar-refractivity contribution in [3.8, 4) is 11.5 Å². The third kappa shape index (κ3) is 5.14. The monoisotopic (exact) mass is 533 g/mol. The van der Waals surface area contributed by atoms with Crippen LogP contribution in [0.5, 0.6) is 11.5 Å². The summed E-state index contributed by atoms with van der Waals surface area (Å²) < 4.78 is 5.75. The molecule has 4 rings (SSSR count). The first kappa shape index (κ1) is 27.3. The maximum absolute atomic E-state index is 13.5. The number of benzene rings is 3. The van der Waals surface area contributed by atoms with E-state index in [-0.39, 0.29) is 28.2 Å². The molecule has 1 amide bonds. The fraction of sp³-hybridized carbons (Fsp3) is 0.290. The van der Waals surface area contributed by atoms with Gasteiger partial charge in [0.15, 0.2) is 0 Å². The molecule has 1 fully saturated rings. The van der Waals surface area contributed by atoms with Crippen molar-refractivity contribution >= 4 is 34.7 Å². The summed E-state index contributed by atoms with van der Waals surface area (Å²) in [7, 11) is 0. The van der Waals surface area contributed by atoms with E-state index >= 15 is 0 Å². The van der Waals surface area contributed by atoms with Crippen molar-refractivity contribution < 1.29 is 24.5 Å². The van der Waals surface area contributed by atoms with Gasteiger partial charge in [-0.2, -0.15) is 0 Å². The topological polar surface area (TPSA) is 87.1 Å². The van der Waals surface area contributed by atoms with Crippen LogP contribution in [0, 0.1) is 6.92 Å². The van der Waals surface area contributed by atoms with Crippen molar-refractivity contribution in [1.82, 2.24) is 0 Å². The van der Waals surface area contributed by atoms with Crippen LogP contribution >= 0.6 is 11.6 Å². The Morgan fingerprint density at radius 1 is 1.03 bits per heavy atom. The summed E-state index contributed by atoms with van der Waals surface area (Å²) in [5, 5.41) is 22.4. The first-order chi connectivity index (χ1) is 17.9. The van der Waals surface area contributed by atoms with Gasteiger partial charge in [-0.1, -0.05) is 63.6 Å². The van der Waals surface area contributed by atoms with E-state index in [9.17, 15) is 19.8 Å². The van der Waals surface area contributed by atoms with Crippen molar-refractivity contribution in [2.45, 2.75) is 52.5 Å². The lowest BCUT2D eigenvalue weighted by Crippen LogP contribution is -2.29. The van der Waals surface area contributed by atoms with Gasteiger partial charge in [-0.3, -0.25) is 14.5 Å². The highest BCUT2D eigenvalue weighted by molar-refractivity contribution is 6.52. The third-order valence-electron chi connectivity index (χ3n) is 6.64. The number of aromatic hydroxyl groups is 1. The molecule has 1 heterocycles. The quantitative estimate of drug-likeness (QED) is 0.201. The van der Waals surface area contributed by atoms with Crippen molar-refractivity contribution in [2.24, 2.45) is 0 Å². The van der Waals surface area contributed by atoms with E-state index in [1.54, 1.807) is 18.2 Å². The molecule has 1 atom stereocenters. The van der Waals surface area contributed by atoms with Gasteiger partial charge in [0.05, 0.1) is 23.9 Å². The number of phenols is 1. The number of ether oxygens (including phenoxy) is 1. The van der Waals surface area contributed by atoms with Crippen LogP contribution in [-0.2, 0) is 15.0 Å². The molecule has 0 radical (unpaired) electrons. The minimum atomic E-state index is -0.982. The van der Waals surface area contributed by atoms with Gasteiger partial charge in [-0.15, -0.1) is 0 Å². The van der Waals surface area contributed by atoms with E-state index in [1.807, 2.05) is 38.1 Å². The van der Waals surface area contributed by atoms with E-state index in [2.05, 4.69) is 20.8 Å². The summed E-state index contributed by atoms with van der Waals surface area (Å²) in [4.78, 5) is 28.1. The number of aliphatic hydroxyl groups is 1. The summed E-state index contributed by atoms with van der Waals surface area (Å²) in [5.41, 5.74) is 2.76. The number of hydrogen-bond donors (Lipinski definition) is 2. The number of phenolic OH excluding ortho intramolecular Hbond substituents is 1. The molecule has 0 bridgehead atoms. The second-order valence-corrected chi connectivity index (χ2v) is 10.9. The number of carbonyl (C=O) groups excluding carboxylic acids is 2. The van der Waals surface area contributed by atoms with Gasteiger partial charge in [0.2, 0.25) is 0 Å². The Labute approximate surface area is 228 Å². The third-order valence-corrected chi connectivity index (χ3v) is 6.88. The summed E-state index contributed by atoms with van der Waals surface area (Å²) in [6.07, 6.45) is 0.856. The molecule has 0 aliphatic carbocycles. The first-order valence-electron chi connectivity index (χ1n) is 12.6. The number of Topliss-reactive ketones (excluding diaryl/α,β-unsaturated/α-hetero) is 1. The van der Waals surface area contributed by atoms with E-state index in [0.717, 1.165) is 17.5 Å². The molecule has 3 aromatic carbocycles. The second-order valence-electron chi connectivity index (χ2n) is 10.5. The fourth-order valence-corrected chi connectivity index (χ4v) is 4.74. The average molecular weight is 534 g/mol. The van der Waals surface area contributed by atoms with E-state index < -0.39 is 17.7 Å². The van der Waals surface area contributed by atoms with E-state index in [0.29, 0.717) is 28.5 Å². The molecule has 1 unspecified atom stereocenters. The van der Waals surface area contributed by atoms with Crippen molar-refractivity contribution in [3.05, 3.63) is 93.5 Å². The summed E-state index contributed by atoms with van der Waals surface area (Å²) in [6.45, 7) is 10.7. The molecule has 38 heavy (non-hydrogen) atoms. The van der Waals surface area contributed by atoms with Crippen molar-refractivity contribution in [2.75, 3.05) is 11.5 Å². The molecule has 0 aromatic heterocycles. The van der Waals surface area contributed by atoms with Crippen LogP contribution in [0.1, 0.15) is 62.4 Å². The fourth-order valence-electron chi connectivity index (χ4n) is 4.58. The maximum Gasteiger partial charge on any atom is 0.300 e. The molecule has 1 aliphatic heterocycles. The van der Waals surface area contributed by atoms with E-state index in [4.69, 9.17) is 16.3 Å². The molecule has 6 nitrogen and oxygen atoms in total. The number of hydrogen-bond acceptors (Lipinski definition) is 5. The minimum Gasteiger partial charge on any atom is -0.507 e. The smallest absolute Gasteiger partial charge is 0.300 e. The largest absolute Gasteiger partial charge is 0.507 e. The minimum absolute atomic E-state index is 0.0699. The molecular weight excluding hydrogens is 502 g/mol. The van der Waals surface area contributed by atoms with Crippen molar-refractivity contribution in [1.29, 1.82) is 0 Å². The van der Waals surface area contributed by atoms with Gasteiger partial charge >= 0.3 is 0 Å². The standard InChI is InChI=1S/C31H32ClNO5/c1-6-15-38-25-14-9-20(16-18(25)2)28(35)26-27(19-7-10-21(11-8-19)31(3,4)5)33(30(37)29(26)36)23-17-22(32)12-13-24(23)34/h7-14,16-17,27,34-35H,6,15H2,1-5H3/b28-26+. The number of nitrogens with zero attached hydrogens (tertiary/aromatic N) is 1. The molecule has 7 heteroatoms. The van der Waals surface area contributed by atoms with Gasteiger partial charge in [-0.05, 0) is 71.8 Å². The Morgan fingerprint density at radius 2 is 1.71 bits per heavy atom. The molecule has 0 spiro atoms.